The lowest BCUT2D eigenvalue weighted by Gasteiger charge is -2.28. The fraction of sp³-hybridized carbons (Fsp3) is 0.818. The first-order valence-corrected chi connectivity index (χ1v) is 8.11. The third kappa shape index (κ3) is 5.49. The van der Waals surface area contributed by atoms with Crippen molar-refractivity contribution in [1.82, 2.24) is 4.90 Å². The molecule has 0 saturated carbocycles. The molecule has 1 unspecified atom stereocenters. The van der Waals surface area contributed by atoms with Gasteiger partial charge in [0.1, 0.15) is 0 Å². The van der Waals surface area contributed by atoms with Gasteiger partial charge in [0.25, 0.3) is 0 Å². The predicted octanol–water partition coefficient (Wildman–Crippen LogP) is 0.785. The van der Waals surface area contributed by atoms with E-state index in [1.165, 1.54) is 0 Å². The summed E-state index contributed by atoms with van der Waals surface area (Å²) >= 11 is 3.01. The minimum absolute atomic E-state index is 0.0193. The number of nitrogens with zero attached hydrogens (tertiary/aromatic N) is 1. The summed E-state index contributed by atoms with van der Waals surface area (Å²) in [5.41, 5.74) is 0. The molecule has 0 aromatic rings. The van der Waals surface area contributed by atoms with Gasteiger partial charge < -0.3 is 14.7 Å². The third-order valence-corrected chi connectivity index (χ3v) is 4.70. The summed E-state index contributed by atoms with van der Waals surface area (Å²) in [5.74, 6) is 1.40. The zero-order valence-corrected chi connectivity index (χ0v) is 12.1. The van der Waals surface area contributed by atoms with E-state index in [2.05, 4.69) is 0 Å². The monoisotopic (exact) mass is 293 g/mol. The molecule has 0 spiro atoms. The van der Waals surface area contributed by atoms with Gasteiger partial charge in [-0.15, -0.1) is 11.8 Å². The van der Waals surface area contributed by atoms with Crippen LogP contribution in [0.4, 0.5) is 0 Å². The van der Waals surface area contributed by atoms with Gasteiger partial charge >= 0.3 is 5.97 Å². The summed E-state index contributed by atoms with van der Waals surface area (Å²) in [7, 11) is 1.62. The fourth-order valence-corrected chi connectivity index (χ4v) is 3.62. The van der Waals surface area contributed by atoms with E-state index in [0.29, 0.717) is 13.2 Å². The lowest BCUT2D eigenvalue weighted by Crippen LogP contribution is -2.43. The van der Waals surface area contributed by atoms with Crippen LogP contribution in [0.3, 0.4) is 0 Å². The average Bonchev–Trinajstić information content (AvgIpc) is 2.82. The Bertz CT molecular complexity index is 282. The van der Waals surface area contributed by atoms with Crippen LogP contribution >= 0.6 is 23.5 Å². The van der Waals surface area contributed by atoms with Gasteiger partial charge in [-0.1, -0.05) is 0 Å². The molecule has 1 amide bonds. The largest absolute Gasteiger partial charge is 0.481 e. The molecular formula is C11H19NO4S2. The molecule has 18 heavy (non-hydrogen) atoms. The number of methoxy groups -OCH3 is 1. The third-order valence-electron chi connectivity index (χ3n) is 2.65. The quantitative estimate of drug-likeness (QED) is 0.713. The number of carboxylic acids is 1. The van der Waals surface area contributed by atoms with Crippen LogP contribution in [0.1, 0.15) is 6.42 Å². The number of hydrogen-bond donors (Lipinski definition) is 1. The molecule has 5 nitrogen and oxygen atoms in total. The van der Waals surface area contributed by atoms with E-state index < -0.39 is 5.97 Å². The number of rotatable bonds is 8. The van der Waals surface area contributed by atoms with Crippen molar-refractivity contribution in [2.45, 2.75) is 12.5 Å². The van der Waals surface area contributed by atoms with Crippen LogP contribution in [0.15, 0.2) is 0 Å². The highest BCUT2D eigenvalue weighted by Crippen LogP contribution is 2.23. The Hall–Kier alpha value is -0.400. The molecule has 0 bridgehead atoms. The van der Waals surface area contributed by atoms with Crippen LogP contribution in [0, 0.1) is 0 Å². The van der Waals surface area contributed by atoms with E-state index in [1.54, 1.807) is 7.11 Å². The van der Waals surface area contributed by atoms with Crippen LogP contribution in [-0.2, 0) is 14.3 Å². The van der Waals surface area contributed by atoms with Gasteiger partial charge in [0.05, 0.1) is 18.1 Å². The van der Waals surface area contributed by atoms with Crippen molar-refractivity contribution in [2.75, 3.05) is 43.3 Å². The van der Waals surface area contributed by atoms with Gasteiger partial charge in [-0.2, -0.15) is 11.8 Å². The maximum atomic E-state index is 12.1. The van der Waals surface area contributed by atoms with Crippen molar-refractivity contribution in [2.24, 2.45) is 0 Å². The minimum atomic E-state index is -0.882. The number of carboxylic acid groups (broad SMARTS) is 1. The SMILES string of the molecule is COCCN(C(=O)CSCC(=O)O)C1CCSC1. The molecule has 0 aliphatic carbocycles. The number of carbonyl (C=O) groups is 2. The second-order valence-electron chi connectivity index (χ2n) is 3.98. The normalized spacial score (nSPS) is 18.8. The van der Waals surface area contributed by atoms with Crippen LogP contribution in [0.2, 0.25) is 0 Å². The van der Waals surface area contributed by atoms with Crippen molar-refractivity contribution in [3.8, 4) is 0 Å². The summed E-state index contributed by atoms with van der Waals surface area (Å²) in [6.45, 7) is 1.12. The highest BCUT2D eigenvalue weighted by molar-refractivity contribution is 8.00. The zero-order chi connectivity index (χ0) is 13.4. The second kappa shape index (κ2) is 8.66. The first-order valence-electron chi connectivity index (χ1n) is 5.81. The molecule has 1 atom stereocenters. The van der Waals surface area contributed by atoms with Gasteiger partial charge in [0.15, 0.2) is 0 Å². The number of ether oxygens (including phenoxy) is 1. The van der Waals surface area contributed by atoms with Gasteiger partial charge in [-0.3, -0.25) is 9.59 Å². The van der Waals surface area contributed by atoms with E-state index >= 15 is 0 Å². The molecule has 7 heteroatoms. The highest BCUT2D eigenvalue weighted by Gasteiger charge is 2.26. The number of amides is 1. The Labute approximate surface area is 116 Å². The Morgan fingerprint density at radius 2 is 2.28 bits per heavy atom. The van der Waals surface area contributed by atoms with Crippen LogP contribution in [-0.4, -0.2) is 71.2 Å². The molecule has 1 fully saturated rings. The van der Waals surface area contributed by atoms with Crippen LogP contribution in [0.5, 0.6) is 0 Å². The van der Waals surface area contributed by atoms with Gasteiger partial charge in [0.2, 0.25) is 5.91 Å². The molecule has 104 valence electrons. The first kappa shape index (κ1) is 15.7. The summed E-state index contributed by atoms with van der Waals surface area (Å²) in [5, 5.41) is 8.55. The Morgan fingerprint density at radius 3 is 2.83 bits per heavy atom. The van der Waals surface area contributed by atoms with Crippen LogP contribution < -0.4 is 0 Å². The molecule has 0 radical (unpaired) electrons. The summed E-state index contributed by atoms with van der Waals surface area (Å²) in [6, 6.07) is 0.281. The van der Waals surface area contributed by atoms with Crippen molar-refractivity contribution in [3.05, 3.63) is 0 Å². The number of hydrogen-bond acceptors (Lipinski definition) is 5. The van der Waals surface area contributed by atoms with Gasteiger partial charge in [-0.25, -0.2) is 0 Å². The van der Waals surface area contributed by atoms with E-state index in [1.807, 2.05) is 16.7 Å². The number of thioether (sulfide) groups is 2. The predicted molar refractivity (Wildman–Crippen MR) is 74.3 cm³/mol. The lowest BCUT2D eigenvalue weighted by atomic mass is 10.2. The van der Waals surface area contributed by atoms with Gasteiger partial charge in [0, 0.05) is 25.4 Å². The van der Waals surface area contributed by atoms with E-state index in [0.717, 1.165) is 29.7 Å². The number of carbonyl (C=O) groups excluding carboxylic acids is 1. The van der Waals surface area contributed by atoms with Crippen molar-refractivity contribution >= 4 is 35.4 Å². The van der Waals surface area contributed by atoms with Crippen LogP contribution in [0.25, 0.3) is 0 Å². The maximum absolute atomic E-state index is 12.1. The smallest absolute Gasteiger partial charge is 0.313 e. The van der Waals surface area contributed by atoms with E-state index in [4.69, 9.17) is 9.84 Å². The molecule has 1 aliphatic heterocycles. The summed E-state index contributed by atoms with van der Waals surface area (Å²) in [4.78, 5) is 24.3. The van der Waals surface area contributed by atoms with Crippen molar-refractivity contribution in [3.63, 3.8) is 0 Å². The molecular weight excluding hydrogens is 274 g/mol. The summed E-state index contributed by atoms with van der Waals surface area (Å²) < 4.78 is 5.02. The fourth-order valence-electron chi connectivity index (χ4n) is 1.78. The number of aliphatic carboxylic acids is 1. The first-order chi connectivity index (χ1) is 8.65. The van der Waals surface area contributed by atoms with E-state index in [-0.39, 0.29) is 23.5 Å². The van der Waals surface area contributed by atoms with Gasteiger partial charge in [-0.05, 0) is 12.2 Å². The van der Waals surface area contributed by atoms with E-state index in [9.17, 15) is 9.59 Å². The second-order valence-corrected chi connectivity index (χ2v) is 6.12. The zero-order valence-electron chi connectivity index (χ0n) is 10.5. The molecule has 1 heterocycles. The highest BCUT2D eigenvalue weighted by atomic mass is 32.2. The van der Waals surface area contributed by atoms with Crippen molar-refractivity contribution < 1.29 is 19.4 Å². The Kier molecular flexibility index (Phi) is 7.53. The van der Waals surface area contributed by atoms with Crippen molar-refractivity contribution in [1.29, 1.82) is 0 Å². The lowest BCUT2D eigenvalue weighted by molar-refractivity contribution is -0.133. The molecule has 1 aliphatic rings. The average molecular weight is 293 g/mol. The Morgan fingerprint density at radius 1 is 1.50 bits per heavy atom. The minimum Gasteiger partial charge on any atom is -0.481 e. The Balaban J connectivity index is 2.41. The maximum Gasteiger partial charge on any atom is 0.313 e. The topological polar surface area (TPSA) is 66.8 Å². The molecule has 1 saturated heterocycles. The molecule has 1 N–H and O–H groups in total. The molecule has 0 aromatic heterocycles. The summed E-state index contributed by atoms with van der Waals surface area (Å²) in [6.07, 6.45) is 1.02. The standard InChI is InChI=1S/C11H19NO4S2/c1-16-4-3-12(9-2-5-17-6-9)10(13)7-18-8-11(14)15/h9H,2-8H2,1H3,(H,14,15). The molecule has 1 rings (SSSR count). The molecule has 0 aromatic carbocycles.